The first-order valence-corrected chi connectivity index (χ1v) is 8.58. The second-order valence-corrected chi connectivity index (χ2v) is 7.30. The largest absolute Gasteiger partial charge is 0.471 e. The number of aryl methyl sites for hydroxylation is 1. The molecule has 142 valence electrons. The van der Waals surface area contributed by atoms with Crippen LogP contribution < -0.4 is 10.3 Å². The van der Waals surface area contributed by atoms with Crippen molar-refractivity contribution in [2.24, 2.45) is 0 Å². The fourth-order valence-electron chi connectivity index (χ4n) is 3.29. The molecule has 2 heterocycles. The second kappa shape index (κ2) is 6.96. The fourth-order valence-corrected chi connectivity index (χ4v) is 3.29. The lowest BCUT2D eigenvalue weighted by atomic mass is 9.79. The van der Waals surface area contributed by atoms with E-state index in [-0.39, 0.29) is 11.3 Å². The van der Waals surface area contributed by atoms with Crippen LogP contribution in [0, 0.1) is 0 Å². The number of hydrogen-bond acceptors (Lipinski definition) is 7. The van der Waals surface area contributed by atoms with Crippen molar-refractivity contribution in [1.29, 1.82) is 0 Å². The van der Waals surface area contributed by atoms with Gasteiger partial charge in [0.2, 0.25) is 0 Å². The van der Waals surface area contributed by atoms with E-state index in [9.17, 15) is 20.1 Å². The van der Waals surface area contributed by atoms with Crippen LogP contribution in [0.4, 0.5) is 0 Å². The summed E-state index contributed by atoms with van der Waals surface area (Å²) in [5.74, 6) is -0.168. The zero-order valence-electron chi connectivity index (χ0n) is 14.8. The Morgan fingerprint density at radius 2 is 2.00 bits per heavy atom. The van der Waals surface area contributed by atoms with Crippen LogP contribution in [0.3, 0.4) is 0 Å². The Kier molecular flexibility index (Phi) is 5.03. The first-order valence-electron chi connectivity index (χ1n) is 8.58. The Balaban J connectivity index is 1.93. The van der Waals surface area contributed by atoms with E-state index in [1.807, 2.05) is 12.1 Å². The molecule has 8 heteroatoms. The van der Waals surface area contributed by atoms with Gasteiger partial charge in [0.15, 0.2) is 0 Å². The maximum atomic E-state index is 12.7. The minimum Gasteiger partial charge on any atom is -0.471 e. The van der Waals surface area contributed by atoms with Crippen LogP contribution in [0.2, 0.25) is 0 Å². The highest BCUT2D eigenvalue weighted by atomic mass is 16.5. The lowest BCUT2D eigenvalue weighted by molar-refractivity contribution is -0.0875. The molecule has 0 spiro atoms. The van der Waals surface area contributed by atoms with Crippen molar-refractivity contribution in [2.75, 3.05) is 13.2 Å². The van der Waals surface area contributed by atoms with E-state index >= 15 is 0 Å². The SMILES string of the molecule is CC1(C)CCn2c(=O)c(OCC(O)C(O)C(O)CO)nc3cccc1c32. The van der Waals surface area contributed by atoms with Gasteiger partial charge in [-0.05, 0) is 23.5 Å². The van der Waals surface area contributed by atoms with Gasteiger partial charge in [-0.2, -0.15) is 0 Å². The van der Waals surface area contributed by atoms with Gasteiger partial charge in [0.05, 0.1) is 17.6 Å². The Morgan fingerprint density at radius 1 is 1.27 bits per heavy atom. The molecule has 8 nitrogen and oxygen atoms in total. The summed E-state index contributed by atoms with van der Waals surface area (Å²) < 4.78 is 6.96. The van der Waals surface area contributed by atoms with Crippen molar-refractivity contribution in [1.82, 2.24) is 9.55 Å². The number of nitrogens with zero attached hydrogens (tertiary/aromatic N) is 2. The maximum Gasteiger partial charge on any atom is 0.313 e. The quantitative estimate of drug-likeness (QED) is 0.546. The summed E-state index contributed by atoms with van der Waals surface area (Å²) in [6.45, 7) is 3.66. The number of para-hydroxylation sites is 1. The van der Waals surface area contributed by atoms with E-state index in [2.05, 4.69) is 18.8 Å². The van der Waals surface area contributed by atoms with Crippen LogP contribution in [0.5, 0.6) is 5.88 Å². The monoisotopic (exact) mass is 364 g/mol. The average Bonchev–Trinajstić information content (AvgIpc) is 2.63. The molecule has 1 aromatic carbocycles. The number of hydrogen-bond donors (Lipinski definition) is 4. The molecule has 2 aromatic rings. The second-order valence-electron chi connectivity index (χ2n) is 7.30. The molecule has 3 atom stereocenters. The third-order valence-corrected chi connectivity index (χ3v) is 4.99. The van der Waals surface area contributed by atoms with Gasteiger partial charge in [-0.25, -0.2) is 4.98 Å². The molecular weight excluding hydrogens is 340 g/mol. The van der Waals surface area contributed by atoms with Crippen molar-refractivity contribution >= 4 is 11.0 Å². The van der Waals surface area contributed by atoms with Gasteiger partial charge in [-0.3, -0.25) is 4.79 Å². The molecule has 0 radical (unpaired) electrons. The number of aromatic nitrogens is 2. The van der Waals surface area contributed by atoms with Crippen LogP contribution in [0.15, 0.2) is 23.0 Å². The lowest BCUT2D eigenvalue weighted by Gasteiger charge is -2.32. The van der Waals surface area contributed by atoms with Gasteiger partial charge in [0, 0.05) is 6.54 Å². The summed E-state index contributed by atoms with van der Waals surface area (Å²) in [5, 5.41) is 37.7. The van der Waals surface area contributed by atoms with E-state index in [4.69, 9.17) is 9.84 Å². The molecule has 0 aliphatic carbocycles. The Hall–Kier alpha value is -2.00. The first-order chi connectivity index (χ1) is 12.3. The molecular formula is C18H24N2O6. The molecule has 0 saturated carbocycles. The number of rotatable bonds is 6. The van der Waals surface area contributed by atoms with E-state index in [0.29, 0.717) is 12.1 Å². The molecule has 1 aromatic heterocycles. The van der Waals surface area contributed by atoms with Gasteiger partial charge in [0.25, 0.3) is 5.88 Å². The highest BCUT2D eigenvalue weighted by molar-refractivity contribution is 5.80. The van der Waals surface area contributed by atoms with Crippen LogP contribution >= 0.6 is 0 Å². The molecule has 0 amide bonds. The van der Waals surface area contributed by atoms with Gasteiger partial charge in [-0.15, -0.1) is 0 Å². The van der Waals surface area contributed by atoms with E-state index in [1.54, 1.807) is 10.6 Å². The molecule has 4 N–H and O–H groups in total. The van der Waals surface area contributed by atoms with Gasteiger partial charge in [-0.1, -0.05) is 26.0 Å². The number of aliphatic hydroxyl groups excluding tert-OH is 4. The Morgan fingerprint density at radius 3 is 2.69 bits per heavy atom. The molecule has 0 saturated heterocycles. The van der Waals surface area contributed by atoms with E-state index in [0.717, 1.165) is 17.5 Å². The highest BCUT2D eigenvalue weighted by Crippen LogP contribution is 2.36. The smallest absolute Gasteiger partial charge is 0.313 e. The molecule has 0 bridgehead atoms. The van der Waals surface area contributed by atoms with Gasteiger partial charge >= 0.3 is 5.56 Å². The topological polar surface area (TPSA) is 125 Å². The standard InChI is InChI=1S/C18H24N2O6/c1-18(2)6-7-20-14-10(18)4-3-5-11(14)19-16(17(20)25)26-9-13(23)15(24)12(22)8-21/h3-5,12-13,15,21-24H,6-9H2,1-2H3. The van der Waals surface area contributed by atoms with Crippen molar-refractivity contribution in [3.8, 4) is 5.88 Å². The van der Waals surface area contributed by atoms with E-state index in [1.165, 1.54) is 0 Å². The van der Waals surface area contributed by atoms with Gasteiger partial charge in [0.1, 0.15) is 24.9 Å². The Labute approximate surface area is 150 Å². The molecule has 1 aliphatic rings. The van der Waals surface area contributed by atoms with Crippen LogP contribution in [-0.4, -0.2) is 61.5 Å². The average molecular weight is 364 g/mol. The minimum atomic E-state index is -1.59. The fraction of sp³-hybridized carbons (Fsp3) is 0.556. The summed E-state index contributed by atoms with van der Waals surface area (Å²) in [5.41, 5.74) is 2.01. The van der Waals surface area contributed by atoms with Crippen LogP contribution in [0.25, 0.3) is 11.0 Å². The summed E-state index contributed by atoms with van der Waals surface area (Å²) in [7, 11) is 0. The minimum absolute atomic E-state index is 0.0588. The molecule has 3 unspecified atom stereocenters. The number of aliphatic hydroxyl groups is 4. The van der Waals surface area contributed by atoms with E-state index < -0.39 is 37.1 Å². The third kappa shape index (κ3) is 3.21. The van der Waals surface area contributed by atoms with Gasteiger partial charge < -0.3 is 29.7 Å². The number of benzene rings is 1. The molecule has 0 fully saturated rings. The normalized spacial score (nSPS) is 19.2. The molecule has 1 aliphatic heterocycles. The summed E-state index contributed by atoms with van der Waals surface area (Å²) in [4.78, 5) is 17.0. The summed E-state index contributed by atoms with van der Waals surface area (Å²) in [6.07, 6.45) is -3.76. The number of ether oxygens (including phenoxy) is 1. The van der Waals surface area contributed by atoms with Crippen molar-refractivity contribution in [3.63, 3.8) is 0 Å². The zero-order valence-corrected chi connectivity index (χ0v) is 14.8. The third-order valence-electron chi connectivity index (χ3n) is 4.99. The molecule has 26 heavy (non-hydrogen) atoms. The highest BCUT2D eigenvalue weighted by Gasteiger charge is 2.31. The van der Waals surface area contributed by atoms with Crippen molar-refractivity contribution < 1.29 is 25.2 Å². The lowest BCUT2D eigenvalue weighted by Crippen LogP contribution is -2.43. The summed E-state index contributed by atoms with van der Waals surface area (Å²) >= 11 is 0. The predicted molar refractivity (Wildman–Crippen MR) is 94.2 cm³/mol. The van der Waals surface area contributed by atoms with Crippen molar-refractivity contribution in [3.05, 3.63) is 34.1 Å². The van der Waals surface area contributed by atoms with Crippen LogP contribution in [-0.2, 0) is 12.0 Å². The first kappa shape index (κ1) is 18.8. The molecule has 3 rings (SSSR count). The predicted octanol–water partition coefficient (Wildman–Crippen LogP) is -0.468. The van der Waals surface area contributed by atoms with Crippen LogP contribution in [0.1, 0.15) is 25.8 Å². The maximum absolute atomic E-state index is 12.7. The van der Waals surface area contributed by atoms with Crippen molar-refractivity contribution in [2.45, 2.75) is 50.5 Å². The Bertz CT molecular complexity index is 863. The summed E-state index contributed by atoms with van der Waals surface area (Å²) in [6, 6.07) is 5.67. The zero-order chi connectivity index (χ0) is 19.1.